The van der Waals surface area contributed by atoms with Gasteiger partial charge >= 0.3 is 0 Å². The molecule has 33 heavy (non-hydrogen) atoms. The molecule has 0 spiro atoms. The van der Waals surface area contributed by atoms with Crippen molar-refractivity contribution < 1.29 is 9.59 Å². The van der Waals surface area contributed by atoms with Gasteiger partial charge in [0.1, 0.15) is 0 Å². The van der Waals surface area contributed by atoms with E-state index < -0.39 is 5.91 Å². The van der Waals surface area contributed by atoms with Crippen molar-refractivity contribution in [3.05, 3.63) is 106 Å². The molecular weight excluding hydrogens is 459 g/mol. The van der Waals surface area contributed by atoms with Gasteiger partial charge in [0.2, 0.25) is 0 Å². The quantitative estimate of drug-likeness (QED) is 0.237. The molecule has 2 amide bonds. The number of fused-ring (bicyclic) bond motifs is 1. The molecular formula is C25H18Cl2N4O2. The van der Waals surface area contributed by atoms with Gasteiger partial charge in [0, 0.05) is 17.7 Å². The summed E-state index contributed by atoms with van der Waals surface area (Å²) in [7, 11) is 0. The summed E-state index contributed by atoms with van der Waals surface area (Å²) in [5.41, 5.74) is 8.28. The van der Waals surface area contributed by atoms with Crippen LogP contribution < -0.4 is 16.2 Å². The minimum absolute atomic E-state index is 0.185. The average Bonchev–Trinajstić information content (AvgIpc) is 2.82. The zero-order chi connectivity index (χ0) is 23.2. The van der Waals surface area contributed by atoms with Crippen LogP contribution in [0.15, 0.2) is 85.1 Å². The topological polar surface area (TPSA) is 83.1 Å². The van der Waals surface area contributed by atoms with Gasteiger partial charge in [-0.3, -0.25) is 25.4 Å². The van der Waals surface area contributed by atoms with Crippen LogP contribution in [0.1, 0.15) is 15.9 Å². The molecule has 6 nitrogen and oxygen atoms in total. The first-order valence-corrected chi connectivity index (χ1v) is 10.7. The predicted molar refractivity (Wildman–Crippen MR) is 133 cm³/mol. The van der Waals surface area contributed by atoms with Crippen LogP contribution in [0.5, 0.6) is 0 Å². The summed E-state index contributed by atoms with van der Waals surface area (Å²) >= 11 is 12.3. The van der Waals surface area contributed by atoms with Crippen LogP contribution in [0, 0.1) is 0 Å². The first-order valence-electron chi connectivity index (χ1n) is 9.95. The van der Waals surface area contributed by atoms with Gasteiger partial charge in [-0.1, -0.05) is 71.7 Å². The molecule has 0 saturated carbocycles. The van der Waals surface area contributed by atoms with Gasteiger partial charge in [-0.05, 0) is 35.9 Å². The monoisotopic (exact) mass is 476 g/mol. The summed E-state index contributed by atoms with van der Waals surface area (Å²) < 4.78 is 0. The van der Waals surface area contributed by atoms with E-state index in [2.05, 4.69) is 21.2 Å². The molecule has 0 radical (unpaired) electrons. The van der Waals surface area contributed by atoms with Crippen LogP contribution in [0.2, 0.25) is 10.0 Å². The molecule has 8 heteroatoms. The second kappa shape index (κ2) is 10.2. The zero-order valence-electron chi connectivity index (χ0n) is 17.2. The highest BCUT2D eigenvalue weighted by Gasteiger charge is 2.16. The standard InChI is InChI=1S/C25H18Cl2N4O2/c26-18-9-5-10-19(27)23(18)25(33)29-21-11-4-8-17-20(14-15-28-24(17)21)30-31-22(32)13-12-16-6-2-1-3-7-16/h1-15H,(H,28,30)(H,29,33)(H,31,32)/b13-12+. The van der Waals surface area contributed by atoms with Crippen molar-refractivity contribution in [2.45, 2.75) is 0 Å². The van der Waals surface area contributed by atoms with Crippen LogP contribution in [0.3, 0.4) is 0 Å². The number of hydrazine groups is 1. The molecule has 1 aromatic heterocycles. The molecule has 0 atom stereocenters. The van der Waals surface area contributed by atoms with Crippen molar-refractivity contribution in [3.63, 3.8) is 0 Å². The first kappa shape index (κ1) is 22.3. The van der Waals surface area contributed by atoms with E-state index in [4.69, 9.17) is 23.2 Å². The number of amides is 2. The third-order valence-corrected chi connectivity index (χ3v) is 5.39. The third-order valence-electron chi connectivity index (χ3n) is 4.76. The number of hydrogen-bond acceptors (Lipinski definition) is 4. The summed E-state index contributed by atoms with van der Waals surface area (Å²) in [6.45, 7) is 0. The number of rotatable bonds is 6. The molecule has 164 valence electrons. The second-order valence-corrected chi connectivity index (χ2v) is 7.78. The minimum Gasteiger partial charge on any atom is -0.320 e. The van der Waals surface area contributed by atoms with Crippen LogP contribution in [0.4, 0.5) is 11.4 Å². The Balaban J connectivity index is 1.52. The van der Waals surface area contributed by atoms with Crippen molar-refractivity contribution in [2.75, 3.05) is 10.7 Å². The molecule has 3 aromatic carbocycles. The maximum atomic E-state index is 12.8. The normalized spacial score (nSPS) is 10.8. The lowest BCUT2D eigenvalue weighted by Gasteiger charge is -2.13. The molecule has 0 aliphatic carbocycles. The third kappa shape index (κ3) is 5.31. The minimum atomic E-state index is -0.447. The number of carbonyl (C=O) groups excluding carboxylic acids is 2. The summed E-state index contributed by atoms with van der Waals surface area (Å²) in [6, 6.07) is 21.4. The van der Waals surface area contributed by atoms with Gasteiger partial charge in [-0.25, -0.2) is 0 Å². The van der Waals surface area contributed by atoms with E-state index in [0.717, 1.165) is 5.56 Å². The van der Waals surface area contributed by atoms with E-state index in [-0.39, 0.29) is 21.5 Å². The zero-order valence-corrected chi connectivity index (χ0v) is 18.7. The van der Waals surface area contributed by atoms with Gasteiger partial charge in [0.25, 0.3) is 11.8 Å². The number of benzene rings is 3. The smallest absolute Gasteiger partial charge is 0.262 e. The number of aromatic nitrogens is 1. The van der Waals surface area contributed by atoms with Gasteiger partial charge in [-0.2, -0.15) is 0 Å². The highest BCUT2D eigenvalue weighted by Crippen LogP contribution is 2.29. The molecule has 4 rings (SSSR count). The number of para-hydroxylation sites is 1. The lowest BCUT2D eigenvalue weighted by atomic mass is 10.1. The highest BCUT2D eigenvalue weighted by atomic mass is 35.5. The van der Waals surface area contributed by atoms with Crippen LogP contribution in [-0.2, 0) is 4.79 Å². The van der Waals surface area contributed by atoms with Crippen molar-refractivity contribution in [3.8, 4) is 0 Å². The van der Waals surface area contributed by atoms with E-state index in [0.29, 0.717) is 22.3 Å². The van der Waals surface area contributed by atoms with Crippen LogP contribution in [-0.4, -0.2) is 16.8 Å². The molecule has 0 unspecified atom stereocenters. The Morgan fingerprint density at radius 1 is 0.818 bits per heavy atom. The average molecular weight is 477 g/mol. The molecule has 0 saturated heterocycles. The van der Waals surface area contributed by atoms with E-state index in [1.807, 2.05) is 36.4 Å². The summed E-state index contributed by atoms with van der Waals surface area (Å²) in [4.78, 5) is 29.4. The van der Waals surface area contributed by atoms with Gasteiger partial charge in [-0.15, -0.1) is 0 Å². The fourth-order valence-corrected chi connectivity index (χ4v) is 3.76. The number of pyridine rings is 1. The Labute approximate surface area is 200 Å². The number of nitrogens with zero attached hydrogens (tertiary/aromatic N) is 1. The number of halogens is 2. The van der Waals surface area contributed by atoms with Crippen LogP contribution >= 0.6 is 23.2 Å². The SMILES string of the molecule is O=C(/C=C/c1ccccc1)NNc1ccnc2c(NC(=O)c3c(Cl)cccc3Cl)cccc12. The van der Waals surface area contributed by atoms with Crippen molar-refractivity contribution in [1.82, 2.24) is 10.4 Å². The van der Waals surface area contributed by atoms with E-state index in [1.54, 1.807) is 48.7 Å². The molecule has 1 heterocycles. The molecule has 0 aliphatic rings. The van der Waals surface area contributed by atoms with E-state index in [1.165, 1.54) is 6.08 Å². The summed E-state index contributed by atoms with van der Waals surface area (Å²) in [6.07, 6.45) is 4.73. The lowest BCUT2D eigenvalue weighted by molar-refractivity contribution is -0.115. The van der Waals surface area contributed by atoms with Crippen molar-refractivity contribution >= 4 is 63.4 Å². The van der Waals surface area contributed by atoms with Gasteiger partial charge < -0.3 is 5.32 Å². The predicted octanol–water partition coefficient (Wildman–Crippen LogP) is 5.95. The molecule has 4 aromatic rings. The highest BCUT2D eigenvalue weighted by molar-refractivity contribution is 6.40. The number of nitrogens with one attached hydrogen (secondary N) is 3. The van der Waals surface area contributed by atoms with Crippen molar-refractivity contribution in [1.29, 1.82) is 0 Å². The molecule has 0 aliphatic heterocycles. The number of anilines is 2. The Bertz CT molecular complexity index is 1340. The molecule has 0 fully saturated rings. The summed E-state index contributed by atoms with van der Waals surface area (Å²) in [5.74, 6) is -0.765. The second-order valence-electron chi connectivity index (χ2n) is 6.97. The Hall–Kier alpha value is -3.87. The van der Waals surface area contributed by atoms with Gasteiger partial charge in [0.15, 0.2) is 0 Å². The lowest BCUT2D eigenvalue weighted by Crippen LogP contribution is -2.27. The van der Waals surface area contributed by atoms with Crippen LogP contribution in [0.25, 0.3) is 17.0 Å². The fraction of sp³-hybridized carbons (Fsp3) is 0. The Morgan fingerprint density at radius 3 is 2.30 bits per heavy atom. The fourth-order valence-electron chi connectivity index (χ4n) is 3.19. The van der Waals surface area contributed by atoms with E-state index in [9.17, 15) is 9.59 Å². The largest absolute Gasteiger partial charge is 0.320 e. The van der Waals surface area contributed by atoms with Crippen molar-refractivity contribution in [2.24, 2.45) is 0 Å². The van der Waals surface area contributed by atoms with Gasteiger partial charge in [0.05, 0.1) is 32.5 Å². The Kier molecular flexibility index (Phi) is 6.88. The molecule has 3 N–H and O–H groups in total. The number of hydrogen-bond donors (Lipinski definition) is 3. The molecule has 0 bridgehead atoms. The van der Waals surface area contributed by atoms with E-state index >= 15 is 0 Å². The maximum absolute atomic E-state index is 12.8. The summed E-state index contributed by atoms with van der Waals surface area (Å²) in [5, 5.41) is 4.02. The maximum Gasteiger partial charge on any atom is 0.262 e. The number of carbonyl (C=O) groups is 2. The Morgan fingerprint density at radius 2 is 1.55 bits per heavy atom. The first-order chi connectivity index (χ1) is 16.0.